The molecule has 0 atom stereocenters. The van der Waals surface area contributed by atoms with E-state index in [1.165, 1.54) is 7.52 Å². The van der Waals surface area contributed by atoms with Crippen LogP contribution in [0, 0.1) is 0 Å². The van der Waals surface area contributed by atoms with Gasteiger partial charge in [0.05, 0.1) is 51.9 Å². The summed E-state index contributed by atoms with van der Waals surface area (Å²) >= 11 is 3.72. The predicted molar refractivity (Wildman–Crippen MR) is 57.2 cm³/mol. The van der Waals surface area contributed by atoms with E-state index >= 15 is 0 Å². The number of aromatic amines is 1. The second kappa shape index (κ2) is 3.56. The molecular formula is C4H4I2N4O. The third-order valence-corrected chi connectivity index (χ3v) is 1.93. The Morgan fingerprint density at radius 3 is 2.73 bits per heavy atom. The lowest BCUT2D eigenvalue weighted by Crippen LogP contribution is -2.10. The molecule has 1 aromatic rings. The topological polar surface area (TPSA) is 75.0 Å². The van der Waals surface area contributed by atoms with Crippen LogP contribution in [0.1, 0.15) is 10.4 Å². The minimum Gasteiger partial charge on any atom is -0.383 e. The van der Waals surface area contributed by atoms with E-state index in [1.54, 1.807) is 0 Å². The van der Waals surface area contributed by atoms with Crippen molar-refractivity contribution >= 4 is 57.5 Å². The minimum absolute atomic E-state index is 0.169. The van der Waals surface area contributed by atoms with Crippen LogP contribution in [0.4, 0.5) is 5.82 Å². The number of carbonyl (C=O) groups is 1. The molecule has 0 aliphatic carbocycles. The number of nitrogens with one attached hydrogen (secondary N) is 1. The quantitative estimate of drug-likeness (QED) is 0.569. The second-order valence-electron chi connectivity index (χ2n) is 1.74. The smallest absolute Gasteiger partial charge is 0.276 e. The van der Waals surface area contributed by atoms with Gasteiger partial charge in [0.15, 0.2) is 0 Å². The summed E-state index contributed by atoms with van der Waals surface area (Å²) in [6, 6.07) is 0. The Morgan fingerprint density at radius 2 is 2.36 bits per heavy atom. The molecule has 7 heteroatoms. The number of nitrogens with zero attached hydrogens (tertiary/aromatic N) is 2. The Labute approximate surface area is 90.7 Å². The number of nitrogen functional groups attached to an aromatic ring is 1. The third kappa shape index (κ3) is 1.95. The number of rotatable bonds is 1. The maximum Gasteiger partial charge on any atom is 0.276 e. The van der Waals surface area contributed by atoms with Crippen molar-refractivity contribution in [3.63, 3.8) is 0 Å². The predicted octanol–water partition coefficient (Wildman–Crippen LogP) is 1.13. The Kier molecular flexibility index (Phi) is 2.92. The molecule has 0 saturated heterocycles. The van der Waals surface area contributed by atoms with E-state index in [1.807, 2.05) is 45.7 Å². The molecule has 0 aliphatic heterocycles. The first-order chi connectivity index (χ1) is 5.13. The van der Waals surface area contributed by atoms with Gasteiger partial charge in [0.2, 0.25) is 0 Å². The molecule has 0 fully saturated rings. The summed E-state index contributed by atoms with van der Waals surface area (Å²) in [5.74, 6) is 0.130. The highest BCUT2D eigenvalue weighted by molar-refractivity contribution is 14.2. The Morgan fingerprint density at radius 1 is 1.73 bits per heavy atom. The Hall–Kier alpha value is -0.0600. The molecule has 0 saturated carbocycles. The average Bonchev–Trinajstić information content (AvgIpc) is 2.33. The largest absolute Gasteiger partial charge is 0.383 e. The van der Waals surface area contributed by atoms with Crippen molar-refractivity contribution in [2.75, 3.05) is 5.73 Å². The highest BCUT2D eigenvalue weighted by Crippen LogP contribution is 2.16. The van der Waals surface area contributed by atoms with Crippen LogP contribution in [0.3, 0.4) is 0 Å². The van der Waals surface area contributed by atoms with Crippen LogP contribution >= 0.6 is 45.7 Å². The van der Waals surface area contributed by atoms with Gasteiger partial charge < -0.3 is 5.73 Å². The molecule has 1 heterocycles. The SMILES string of the molecule is Nc1[nH]ncc1C(=O)N(I)I. The third-order valence-electron chi connectivity index (χ3n) is 1.05. The molecule has 1 rings (SSSR count). The van der Waals surface area contributed by atoms with Gasteiger partial charge in [0, 0.05) is 0 Å². The summed E-state index contributed by atoms with van der Waals surface area (Å²) in [5, 5.41) is 6.10. The lowest BCUT2D eigenvalue weighted by Gasteiger charge is -2.02. The fraction of sp³-hybridized carbons (Fsp3) is 0. The monoisotopic (exact) mass is 378 g/mol. The van der Waals surface area contributed by atoms with E-state index in [9.17, 15) is 4.79 Å². The van der Waals surface area contributed by atoms with Gasteiger partial charge in [-0.25, -0.2) is 1.33 Å². The van der Waals surface area contributed by atoms with Crippen LogP contribution in [-0.2, 0) is 0 Å². The zero-order valence-corrected chi connectivity index (χ0v) is 9.53. The second-order valence-corrected chi connectivity index (χ2v) is 5.51. The standard InChI is InChI=1S/C4H4I2N4O/c5-10(6)4(11)2-1-8-9-3(2)7/h1H,(H3,7,8,9). The first-order valence-electron chi connectivity index (χ1n) is 2.57. The summed E-state index contributed by atoms with van der Waals surface area (Å²) in [7, 11) is 0. The minimum atomic E-state index is -0.169. The van der Waals surface area contributed by atoms with Crippen LogP contribution in [0.2, 0.25) is 0 Å². The van der Waals surface area contributed by atoms with E-state index in [-0.39, 0.29) is 5.91 Å². The Balaban J connectivity index is 2.93. The Bertz CT molecular complexity index is 271. The van der Waals surface area contributed by atoms with E-state index in [2.05, 4.69) is 10.2 Å². The molecular weight excluding hydrogens is 374 g/mol. The highest BCUT2D eigenvalue weighted by atomic mass is 127. The van der Waals surface area contributed by atoms with Crippen molar-refractivity contribution in [2.24, 2.45) is 0 Å². The molecule has 5 nitrogen and oxygen atoms in total. The number of nitrogens with two attached hydrogens (primary N) is 1. The first kappa shape index (κ1) is 9.03. The molecule has 0 unspecified atom stereocenters. The number of anilines is 1. The molecule has 11 heavy (non-hydrogen) atoms. The maximum atomic E-state index is 11.2. The van der Waals surface area contributed by atoms with E-state index < -0.39 is 0 Å². The molecule has 0 spiro atoms. The lowest BCUT2D eigenvalue weighted by molar-refractivity contribution is 0.0953. The van der Waals surface area contributed by atoms with Gasteiger partial charge in [-0.2, -0.15) is 5.10 Å². The van der Waals surface area contributed by atoms with Crippen molar-refractivity contribution in [1.29, 1.82) is 0 Å². The van der Waals surface area contributed by atoms with Gasteiger partial charge in [0.25, 0.3) is 5.91 Å². The van der Waals surface area contributed by atoms with Gasteiger partial charge in [-0.05, 0) is 0 Å². The van der Waals surface area contributed by atoms with Crippen molar-refractivity contribution in [3.8, 4) is 0 Å². The number of amides is 1. The molecule has 60 valence electrons. The molecule has 3 N–H and O–H groups in total. The normalized spacial score (nSPS) is 9.64. The maximum absolute atomic E-state index is 11.2. The lowest BCUT2D eigenvalue weighted by atomic mass is 10.3. The number of aromatic nitrogens is 2. The van der Waals surface area contributed by atoms with Crippen LogP contribution in [-0.4, -0.2) is 17.4 Å². The number of carbonyl (C=O) groups excluding carboxylic acids is 1. The highest BCUT2D eigenvalue weighted by Gasteiger charge is 2.14. The zero-order valence-electron chi connectivity index (χ0n) is 5.21. The van der Waals surface area contributed by atoms with Crippen molar-refractivity contribution in [1.82, 2.24) is 11.5 Å². The van der Waals surface area contributed by atoms with Crippen LogP contribution in [0.25, 0.3) is 0 Å². The van der Waals surface area contributed by atoms with E-state index in [0.29, 0.717) is 11.4 Å². The fourth-order valence-corrected chi connectivity index (χ4v) is 1.08. The van der Waals surface area contributed by atoms with Crippen LogP contribution in [0.15, 0.2) is 6.20 Å². The van der Waals surface area contributed by atoms with Crippen LogP contribution in [0.5, 0.6) is 0 Å². The molecule has 1 aromatic heterocycles. The summed E-state index contributed by atoms with van der Waals surface area (Å²) in [6.07, 6.45) is 1.40. The van der Waals surface area contributed by atoms with Gasteiger partial charge >= 0.3 is 0 Å². The summed E-state index contributed by atoms with van der Waals surface area (Å²) < 4.78 is 1.39. The number of halogens is 2. The van der Waals surface area contributed by atoms with Gasteiger partial charge in [0.1, 0.15) is 11.4 Å². The zero-order chi connectivity index (χ0) is 8.43. The summed E-state index contributed by atoms with van der Waals surface area (Å²) in [4.78, 5) is 11.2. The summed E-state index contributed by atoms with van der Waals surface area (Å²) in [6.45, 7) is 0. The molecule has 0 aliphatic rings. The number of hydrogen-bond acceptors (Lipinski definition) is 3. The number of hydrogen-bond donors (Lipinski definition) is 2. The van der Waals surface area contributed by atoms with Gasteiger partial charge in [-0.15, -0.1) is 0 Å². The fourth-order valence-electron chi connectivity index (χ4n) is 0.558. The van der Waals surface area contributed by atoms with Crippen LogP contribution < -0.4 is 5.73 Å². The molecule has 0 bridgehead atoms. The van der Waals surface area contributed by atoms with Crippen molar-refractivity contribution in [2.45, 2.75) is 0 Å². The van der Waals surface area contributed by atoms with Crippen molar-refractivity contribution < 1.29 is 4.79 Å². The number of H-pyrrole nitrogens is 1. The van der Waals surface area contributed by atoms with E-state index in [0.717, 1.165) is 0 Å². The molecule has 0 aromatic carbocycles. The van der Waals surface area contributed by atoms with Gasteiger partial charge in [-0.3, -0.25) is 9.89 Å². The average molecular weight is 378 g/mol. The van der Waals surface area contributed by atoms with Crippen molar-refractivity contribution in [3.05, 3.63) is 11.8 Å². The molecule has 1 amide bonds. The molecule has 0 radical (unpaired) electrons. The first-order valence-corrected chi connectivity index (χ1v) is 4.50. The van der Waals surface area contributed by atoms with Gasteiger partial charge in [-0.1, -0.05) is 0 Å². The summed E-state index contributed by atoms with van der Waals surface area (Å²) in [5.41, 5.74) is 5.80. The van der Waals surface area contributed by atoms with E-state index in [4.69, 9.17) is 5.73 Å².